The molecule has 6 heteroatoms. The van der Waals surface area contributed by atoms with Crippen LogP contribution < -0.4 is 19.5 Å². The summed E-state index contributed by atoms with van der Waals surface area (Å²) in [6.45, 7) is 3.01. The van der Waals surface area contributed by atoms with E-state index in [1.54, 1.807) is 26.4 Å². The van der Waals surface area contributed by atoms with Crippen molar-refractivity contribution in [2.24, 2.45) is 0 Å². The Bertz CT molecular complexity index is 731. The Morgan fingerprint density at radius 3 is 2.46 bits per heavy atom. The molecule has 0 saturated heterocycles. The Morgan fingerprint density at radius 1 is 1.12 bits per heavy atom. The smallest absolute Gasteiger partial charge is 0.251 e. The van der Waals surface area contributed by atoms with Gasteiger partial charge in [0.2, 0.25) is 0 Å². The summed E-state index contributed by atoms with van der Waals surface area (Å²) in [6, 6.07) is 11.4. The molecule has 0 aliphatic carbocycles. The number of carbonyl (C=O) groups is 1. The quantitative estimate of drug-likeness (QED) is 0.615. The standard InChI is InChI=1S/C20H24BrNO4/c1-4-26-19-17(21)12-15(13-18(19)25-3)20(23)22-11-5-6-14-7-9-16(24-2)10-8-14/h7-10,12-13H,4-6,11H2,1-3H3,(H,22,23). The van der Waals surface area contributed by atoms with Crippen molar-refractivity contribution in [1.29, 1.82) is 0 Å². The second kappa shape index (κ2) is 10.1. The number of halogens is 1. The van der Waals surface area contributed by atoms with E-state index >= 15 is 0 Å². The summed E-state index contributed by atoms with van der Waals surface area (Å²) in [7, 11) is 3.21. The highest BCUT2D eigenvalue weighted by atomic mass is 79.9. The lowest BCUT2D eigenvalue weighted by Crippen LogP contribution is -2.24. The Balaban J connectivity index is 1.89. The summed E-state index contributed by atoms with van der Waals surface area (Å²) in [5, 5.41) is 2.94. The molecule has 0 heterocycles. The Labute approximate surface area is 162 Å². The van der Waals surface area contributed by atoms with Gasteiger partial charge >= 0.3 is 0 Å². The average molecular weight is 422 g/mol. The number of benzene rings is 2. The minimum atomic E-state index is -0.137. The molecule has 0 radical (unpaired) electrons. The normalized spacial score (nSPS) is 10.3. The Kier molecular flexibility index (Phi) is 7.78. The molecule has 0 bridgehead atoms. The lowest BCUT2D eigenvalue weighted by Gasteiger charge is -2.13. The first-order chi connectivity index (χ1) is 12.6. The van der Waals surface area contributed by atoms with Gasteiger partial charge in [0.25, 0.3) is 5.91 Å². The molecule has 0 aromatic heterocycles. The monoisotopic (exact) mass is 421 g/mol. The number of methoxy groups -OCH3 is 2. The topological polar surface area (TPSA) is 56.8 Å². The SMILES string of the molecule is CCOc1c(Br)cc(C(=O)NCCCc2ccc(OC)cc2)cc1OC. The van der Waals surface area contributed by atoms with Gasteiger partial charge in [-0.2, -0.15) is 0 Å². The largest absolute Gasteiger partial charge is 0.497 e. The van der Waals surface area contributed by atoms with E-state index in [2.05, 4.69) is 21.2 Å². The third-order valence-corrected chi connectivity index (χ3v) is 4.46. The van der Waals surface area contributed by atoms with Gasteiger partial charge in [-0.3, -0.25) is 4.79 Å². The van der Waals surface area contributed by atoms with Crippen LogP contribution in [0.1, 0.15) is 29.3 Å². The molecule has 1 N–H and O–H groups in total. The average Bonchev–Trinajstić information content (AvgIpc) is 2.67. The van der Waals surface area contributed by atoms with Crippen molar-refractivity contribution in [2.75, 3.05) is 27.4 Å². The molecule has 1 amide bonds. The van der Waals surface area contributed by atoms with Gasteiger partial charge in [-0.15, -0.1) is 0 Å². The lowest BCUT2D eigenvalue weighted by molar-refractivity contribution is 0.0952. The fourth-order valence-electron chi connectivity index (χ4n) is 2.52. The summed E-state index contributed by atoms with van der Waals surface area (Å²) < 4.78 is 16.7. The zero-order valence-electron chi connectivity index (χ0n) is 15.3. The number of nitrogens with one attached hydrogen (secondary N) is 1. The van der Waals surface area contributed by atoms with E-state index < -0.39 is 0 Å². The van der Waals surface area contributed by atoms with E-state index in [1.165, 1.54) is 5.56 Å². The highest BCUT2D eigenvalue weighted by molar-refractivity contribution is 9.10. The van der Waals surface area contributed by atoms with Crippen LogP contribution >= 0.6 is 15.9 Å². The van der Waals surface area contributed by atoms with Crippen molar-refractivity contribution in [3.05, 3.63) is 52.0 Å². The molecule has 26 heavy (non-hydrogen) atoms. The number of aryl methyl sites for hydroxylation is 1. The zero-order valence-corrected chi connectivity index (χ0v) is 16.9. The first-order valence-corrected chi connectivity index (χ1v) is 9.29. The highest BCUT2D eigenvalue weighted by Gasteiger charge is 2.15. The lowest BCUT2D eigenvalue weighted by atomic mass is 10.1. The van der Waals surface area contributed by atoms with Gasteiger partial charge in [0.1, 0.15) is 5.75 Å². The summed E-state index contributed by atoms with van der Waals surface area (Å²) in [4.78, 5) is 12.4. The molecule has 5 nitrogen and oxygen atoms in total. The second-order valence-electron chi connectivity index (χ2n) is 5.63. The fraction of sp³-hybridized carbons (Fsp3) is 0.350. The number of ether oxygens (including phenoxy) is 3. The highest BCUT2D eigenvalue weighted by Crippen LogP contribution is 2.36. The van der Waals surface area contributed by atoms with E-state index in [-0.39, 0.29) is 5.91 Å². The van der Waals surface area contributed by atoms with Crippen LogP contribution in [-0.2, 0) is 6.42 Å². The molecule has 0 unspecified atom stereocenters. The maximum Gasteiger partial charge on any atom is 0.251 e. The molecule has 140 valence electrons. The summed E-state index contributed by atoms with van der Waals surface area (Å²) >= 11 is 3.44. The van der Waals surface area contributed by atoms with Crippen molar-refractivity contribution >= 4 is 21.8 Å². The third kappa shape index (κ3) is 5.39. The van der Waals surface area contributed by atoms with Gasteiger partial charge in [0.05, 0.1) is 25.3 Å². The molecule has 2 rings (SSSR count). The third-order valence-electron chi connectivity index (χ3n) is 3.87. The molecule has 0 saturated carbocycles. The van der Waals surface area contributed by atoms with Gasteiger partial charge < -0.3 is 19.5 Å². The predicted octanol–water partition coefficient (Wildman–Crippen LogP) is 4.23. The van der Waals surface area contributed by atoms with Crippen molar-refractivity contribution in [2.45, 2.75) is 19.8 Å². The van der Waals surface area contributed by atoms with Crippen molar-refractivity contribution in [1.82, 2.24) is 5.32 Å². The Morgan fingerprint density at radius 2 is 1.85 bits per heavy atom. The van der Waals surface area contributed by atoms with Crippen molar-refractivity contribution in [3.8, 4) is 17.2 Å². The van der Waals surface area contributed by atoms with Crippen LogP contribution in [0.15, 0.2) is 40.9 Å². The van der Waals surface area contributed by atoms with Gasteiger partial charge in [-0.25, -0.2) is 0 Å². The van der Waals surface area contributed by atoms with Crippen LogP contribution in [0.4, 0.5) is 0 Å². The van der Waals surface area contributed by atoms with Crippen LogP contribution in [0.5, 0.6) is 17.2 Å². The van der Waals surface area contributed by atoms with Gasteiger partial charge in [0, 0.05) is 12.1 Å². The summed E-state index contributed by atoms with van der Waals surface area (Å²) in [5.74, 6) is 1.84. The maximum absolute atomic E-state index is 12.4. The first kappa shape index (κ1) is 20.1. The van der Waals surface area contributed by atoms with Crippen molar-refractivity contribution < 1.29 is 19.0 Å². The Hall–Kier alpha value is -2.21. The molecule has 0 aliphatic rings. The predicted molar refractivity (Wildman–Crippen MR) is 106 cm³/mol. The molecule has 0 atom stereocenters. The molecule has 2 aromatic rings. The van der Waals surface area contributed by atoms with Crippen LogP contribution in [0.25, 0.3) is 0 Å². The van der Waals surface area contributed by atoms with E-state index in [4.69, 9.17) is 14.2 Å². The van der Waals surface area contributed by atoms with E-state index in [9.17, 15) is 4.79 Å². The van der Waals surface area contributed by atoms with Gasteiger partial charge in [0.15, 0.2) is 11.5 Å². The maximum atomic E-state index is 12.4. The number of hydrogen-bond donors (Lipinski definition) is 1. The molecule has 2 aromatic carbocycles. The zero-order chi connectivity index (χ0) is 18.9. The van der Waals surface area contributed by atoms with E-state index in [1.807, 2.05) is 31.2 Å². The first-order valence-electron chi connectivity index (χ1n) is 8.50. The minimum absolute atomic E-state index is 0.137. The number of hydrogen-bond acceptors (Lipinski definition) is 4. The second-order valence-corrected chi connectivity index (χ2v) is 6.48. The molecule has 0 spiro atoms. The molecular weight excluding hydrogens is 398 g/mol. The molecule has 0 fully saturated rings. The van der Waals surface area contributed by atoms with Crippen LogP contribution in [0.2, 0.25) is 0 Å². The van der Waals surface area contributed by atoms with Crippen LogP contribution in [0, 0.1) is 0 Å². The summed E-state index contributed by atoms with van der Waals surface area (Å²) in [5.41, 5.74) is 1.74. The molecular formula is C20H24BrNO4. The number of rotatable bonds is 9. The fourth-order valence-corrected chi connectivity index (χ4v) is 3.08. The number of amides is 1. The van der Waals surface area contributed by atoms with Gasteiger partial charge in [-0.1, -0.05) is 12.1 Å². The van der Waals surface area contributed by atoms with E-state index in [0.717, 1.165) is 18.6 Å². The van der Waals surface area contributed by atoms with Crippen LogP contribution in [-0.4, -0.2) is 33.3 Å². The van der Waals surface area contributed by atoms with Crippen molar-refractivity contribution in [3.63, 3.8) is 0 Å². The summed E-state index contributed by atoms with van der Waals surface area (Å²) in [6.07, 6.45) is 1.74. The number of carbonyl (C=O) groups excluding carboxylic acids is 1. The molecule has 0 aliphatic heterocycles. The van der Waals surface area contributed by atoms with Crippen LogP contribution in [0.3, 0.4) is 0 Å². The van der Waals surface area contributed by atoms with E-state index in [0.29, 0.717) is 34.7 Å². The minimum Gasteiger partial charge on any atom is -0.497 e. The van der Waals surface area contributed by atoms with Gasteiger partial charge in [-0.05, 0) is 65.5 Å².